The Hall–Kier alpha value is -2.18. The van der Waals surface area contributed by atoms with Crippen LogP contribution in [0.5, 0.6) is 0 Å². The number of carboxylic acids is 2. The minimum Gasteiger partial charge on any atom is -0.481 e. The van der Waals surface area contributed by atoms with Crippen molar-refractivity contribution in [1.29, 1.82) is 0 Å². The maximum absolute atomic E-state index is 12.1. The predicted molar refractivity (Wildman–Crippen MR) is 88.4 cm³/mol. The van der Waals surface area contributed by atoms with Crippen molar-refractivity contribution < 1.29 is 38.8 Å². The van der Waals surface area contributed by atoms with E-state index in [1.807, 2.05) is 6.07 Å². The molecule has 138 valence electrons. The van der Waals surface area contributed by atoms with Gasteiger partial charge in [0.25, 0.3) is 0 Å². The Kier molecular flexibility index (Phi) is 8.31. The molecule has 0 fully saturated rings. The van der Waals surface area contributed by atoms with Crippen LogP contribution in [0.25, 0.3) is 0 Å². The van der Waals surface area contributed by atoms with Gasteiger partial charge in [0.05, 0.1) is 12.3 Å². The van der Waals surface area contributed by atoms with Gasteiger partial charge in [0, 0.05) is 18.7 Å². The number of benzene rings is 1. The minimum atomic E-state index is -3.89. The number of carboxylic acid groups (broad SMARTS) is 2. The van der Waals surface area contributed by atoms with Crippen LogP contribution in [0.4, 0.5) is 0 Å². The zero-order valence-electron chi connectivity index (χ0n) is 13.5. The normalized spacial score (nSPS) is 14.3. The van der Waals surface area contributed by atoms with Gasteiger partial charge in [-0.25, -0.2) is 0 Å². The van der Waals surface area contributed by atoms with Crippen LogP contribution in [0.1, 0.15) is 24.8 Å². The molecule has 0 bridgehead atoms. The van der Waals surface area contributed by atoms with Crippen LogP contribution in [0.3, 0.4) is 0 Å². The van der Waals surface area contributed by atoms with Crippen molar-refractivity contribution in [2.24, 2.45) is 5.92 Å². The molecular weight excluding hydrogens is 351 g/mol. The SMILES string of the molecule is O=C(O)CCC(CP(=O)(O)CCC(=O)OCc1ccccc1)C(=O)O. The zero-order valence-corrected chi connectivity index (χ0v) is 14.4. The van der Waals surface area contributed by atoms with E-state index in [0.29, 0.717) is 0 Å². The molecule has 0 saturated heterocycles. The lowest BCUT2D eigenvalue weighted by molar-refractivity contribution is -0.144. The van der Waals surface area contributed by atoms with Crippen molar-refractivity contribution in [3.05, 3.63) is 35.9 Å². The number of hydrogen-bond donors (Lipinski definition) is 3. The van der Waals surface area contributed by atoms with E-state index in [9.17, 15) is 23.8 Å². The largest absolute Gasteiger partial charge is 0.481 e. The second-order valence-corrected chi connectivity index (χ2v) is 8.12. The number of rotatable bonds is 11. The van der Waals surface area contributed by atoms with Gasteiger partial charge >= 0.3 is 17.9 Å². The van der Waals surface area contributed by atoms with Gasteiger partial charge in [-0.2, -0.15) is 0 Å². The molecule has 1 aromatic rings. The predicted octanol–water partition coefficient (Wildman–Crippen LogP) is 1.96. The van der Waals surface area contributed by atoms with Gasteiger partial charge in [-0.05, 0) is 12.0 Å². The second kappa shape index (κ2) is 9.96. The Balaban J connectivity index is 2.44. The van der Waals surface area contributed by atoms with E-state index in [1.54, 1.807) is 24.3 Å². The fraction of sp³-hybridized carbons (Fsp3) is 0.438. The highest BCUT2D eigenvalue weighted by Gasteiger charge is 2.29. The van der Waals surface area contributed by atoms with E-state index < -0.39 is 49.9 Å². The van der Waals surface area contributed by atoms with Gasteiger partial charge in [-0.1, -0.05) is 30.3 Å². The van der Waals surface area contributed by atoms with Gasteiger partial charge < -0.3 is 19.8 Å². The van der Waals surface area contributed by atoms with Crippen LogP contribution in [0.2, 0.25) is 0 Å². The summed E-state index contributed by atoms with van der Waals surface area (Å²) in [6.45, 7) is 0.0474. The molecule has 2 unspecified atom stereocenters. The first-order valence-corrected chi connectivity index (χ1v) is 9.67. The quantitative estimate of drug-likeness (QED) is 0.396. The smallest absolute Gasteiger partial charge is 0.307 e. The average Bonchev–Trinajstić information content (AvgIpc) is 2.55. The number of ether oxygens (including phenoxy) is 1. The molecular formula is C16H21O8P. The van der Waals surface area contributed by atoms with Crippen molar-refractivity contribution in [3.8, 4) is 0 Å². The summed E-state index contributed by atoms with van der Waals surface area (Å²) in [7, 11) is -3.89. The molecule has 0 aromatic heterocycles. The maximum atomic E-state index is 12.1. The monoisotopic (exact) mass is 372 g/mol. The molecule has 1 rings (SSSR count). The molecule has 3 N–H and O–H groups in total. The lowest BCUT2D eigenvalue weighted by atomic mass is 10.1. The third kappa shape index (κ3) is 9.02. The number of aliphatic carboxylic acids is 2. The Bertz CT molecular complexity index is 643. The van der Waals surface area contributed by atoms with Gasteiger partial charge in [-0.3, -0.25) is 18.9 Å². The number of hydrogen-bond acceptors (Lipinski definition) is 5. The van der Waals surface area contributed by atoms with Gasteiger partial charge in [0.15, 0.2) is 0 Å². The van der Waals surface area contributed by atoms with E-state index in [-0.39, 0.29) is 19.4 Å². The fourth-order valence-corrected chi connectivity index (χ4v) is 3.84. The van der Waals surface area contributed by atoms with Crippen LogP contribution >= 0.6 is 7.37 Å². The molecule has 2 atom stereocenters. The Morgan fingerprint density at radius 3 is 2.28 bits per heavy atom. The third-order valence-corrected chi connectivity index (χ3v) is 5.40. The molecule has 1 aromatic carbocycles. The first-order chi connectivity index (χ1) is 11.7. The molecule has 0 radical (unpaired) electrons. The molecule has 0 spiro atoms. The molecule has 8 nitrogen and oxygen atoms in total. The number of esters is 1. The summed E-state index contributed by atoms with van der Waals surface area (Å²) >= 11 is 0. The topological polar surface area (TPSA) is 138 Å². The van der Waals surface area contributed by atoms with Crippen molar-refractivity contribution in [3.63, 3.8) is 0 Å². The minimum absolute atomic E-state index is 0.0474. The van der Waals surface area contributed by atoms with E-state index >= 15 is 0 Å². The highest BCUT2D eigenvalue weighted by molar-refractivity contribution is 7.58. The van der Waals surface area contributed by atoms with Crippen molar-refractivity contribution in [2.45, 2.75) is 25.9 Å². The van der Waals surface area contributed by atoms with Crippen LogP contribution in [-0.4, -0.2) is 45.3 Å². The fourth-order valence-electron chi connectivity index (χ4n) is 2.10. The van der Waals surface area contributed by atoms with Gasteiger partial charge in [-0.15, -0.1) is 0 Å². The summed E-state index contributed by atoms with van der Waals surface area (Å²) in [6, 6.07) is 8.92. The Morgan fingerprint density at radius 2 is 1.72 bits per heavy atom. The molecule has 0 amide bonds. The third-order valence-electron chi connectivity index (χ3n) is 3.47. The van der Waals surface area contributed by atoms with E-state index in [2.05, 4.69) is 0 Å². The van der Waals surface area contributed by atoms with Crippen LogP contribution in [-0.2, 0) is 30.3 Å². The highest BCUT2D eigenvalue weighted by Crippen LogP contribution is 2.44. The zero-order chi connectivity index (χ0) is 18.9. The van der Waals surface area contributed by atoms with E-state index in [0.717, 1.165) is 5.56 Å². The van der Waals surface area contributed by atoms with Crippen LogP contribution in [0.15, 0.2) is 30.3 Å². The van der Waals surface area contributed by atoms with Crippen molar-refractivity contribution in [2.75, 3.05) is 12.3 Å². The van der Waals surface area contributed by atoms with Gasteiger partial charge in [0.2, 0.25) is 7.37 Å². The highest BCUT2D eigenvalue weighted by atomic mass is 31.2. The van der Waals surface area contributed by atoms with E-state index in [1.165, 1.54) is 0 Å². The number of carbonyl (C=O) groups excluding carboxylic acids is 1. The summed E-state index contributed by atoms with van der Waals surface area (Å²) in [5.41, 5.74) is 0.780. The van der Waals surface area contributed by atoms with Crippen molar-refractivity contribution in [1.82, 2.24) is 0 Å². The summed E-state index contributed by atoms with van der Waals surface area (Å²) in [5, 5.41) is 17.6. The van der Waals surface area contributed by atoms with Crippen LogP contribution in [0, 0.1) is 5.92 Å². The van der Waals surface area contributed by atoms with Crippen LogP contribution < -0.4 is 0 Å². The molecule has 0 saturated carbocycles. The first kappa shape index (κ1) is 20.9. The second-order valence-electron chi connectivity index (χ2n) is 5.62. The van der Waals surface area contributed by atoms with Gasteiger partial charge in [0.1, 0.15) is 6.61 Å². The summed E-state index contributed by atoms with van der Waals surface area (Å²) in [4.78, 5) is 43.1. The summed E-state index contributed by atoms with van der Waals surface area (Å²) < 4.78 is 17.1. The molecule has 0 aliphatic heterocycles. The Labute approximate surface area is 144 Å². The molecule has 0 aliphatic rings. The maximum Gasteiger partial charge on any atom is 0.307 e. The van der Waals surface area contributed by atoms with Crippen molar-refractivity contribution >= 4 is 25.3 Å². The average molecular weight is 372 g/mol. The molecule has 0 heterocycles. The van der Waals surface area contributed by atoms with E-state index in [4.69, 9.17) is 14.9 Å². The molecule has 9 heteroatoms. The number of carbonyl (C=O) groups is 3. The summed E-state index contributed by atoms with van der Waals surface area (Å²) in [6.07, 6.45) is -1.94. The summed E-state index contributed by atoms with van der Waals surface area (Å²) in [5.74, 6) is -4.41. The first-order valence-electron chi connectivity index (χ1n) is 7.64. The molecule has 0 aliphatic carbocycles. The standard InChI is InChI=1S/C16H21O8P/c17-14(18)7-6-13(16(20)21)11-25(22,23)9-8-15(19)24-10-12-4-2-1-3-5-12/h1-5,13H,6-11H2,(H,17,18)(H,20,21)(H,22,23). The lowest BCUT2D eigenvalue weighted by Crippen LogP contribution is -2.20. The molecule has 25 heavy (non-hydrogen) atoms. The lowest BCUT2D eigenvalue weighted by Gasteiger charge is -2.16. The Morgan fingerprint density at radius 1 is 1.08 bits per heavy atom.